The highest BCUT2D eigenvalue weighted by atomic mass is 31.2. The van der Waals surface area contributed by atoms with Crippen LogP contribution in [0.25, 0.3) is 0 Å². The molecule has 3 N–H and O–H groups in total. The molecular weight excluding hydrogens is 1200 g/mol. The van der Waals surface area contributed by atoms with E-state index in [4.69, 9.17) is 37.0 Å². The molecule has 17 nitrogen and oxygen atoms in total. The van der Waals surface area contributed by atoms with Gasteiger partial charge in [0.15, 0.2) is 12.2 Å². The summed E-state index contributed by atoms with van der Waals surface area (Å²) in [5.41, 5.74) is 0. The van der Waals surface area contributed by atoms with Crippen LogP contribution in [0.1, 0.15) is 363 Å². The third kappa shape index (κ3) is 62.6. The molecule has 0 aliphatic rings. The second-order valence-corrected chi connectivity index (χ2v) is 29.6. The second kappa shape index (κ2) is 62.8. The smallest absolute Gasteiger partial charge is 0.462 e. The molecule has 5 unspecified atom stereocenters. The molecule has 91 heavy (non-hydrogen) atoms. The van der Waals surface area contributed by atoms with Crippen LogP contribution in [0.4, 0.5) is 0 Å². The highest BCUT2D eigenvalue weighted by Gasteiger charge is 2.30. The summed E-state index contributed by atoms with van der Waals surface area (Å²) in [4.78, 5) is 72.7. The van der Waals surface area contributed by atoms with E-state index in [1.54, 1.807) is 0 Å². The van der Waals surface area contributed by atoms with Gasteiger partial charge < -0.3 is 33.8 Å². The molecule has 0 radical (unpaired) electrons. The normalized spacial score (nSPS) is 15.1. The molecule has 0 spiro atoms. The number of phosphoric acid groups is 2. The Bertz CT molecular complexity index is 1790. The fourth-order valence-electron chi connectivity index (χ4n) is 10.8. The molecule has 0 fully saturated rings. The standard InChI is InChI=1S/C72H140O17P2/c1-8-12-13-14-15-16-17-24-32-39-46-53-69(74)82-60-68(89-72(77)56-49-42-35-28-27-31-38-45-52-65(7)11-4)62-87-91(80,81)85-58-66(73)57-84-90(78,79)86-61-67(88-71(76)55-48-41-34-26-21-19-23-30-37-44-51-64(6)10-3)59-83-70(75)54-47-40-33-25-20-18-22-29-36-43-50-63(5)9-2/h63-68,73H,8-62H2,1-7H3,(H,78,79)(H,80,81)/t63?,64?,65?,66-,67-,68-/m1/s1. The first kappa shape index (κ1) is 89.1. The fraction of sp³-hybridized carbons (Fsp3) is 0.944. The number of phosphoric ester groups is 2. The van der Waals surface area contributed by atoms with E-state index in [-0.39, 0.29) is 25.7 Å². The predicted octanol–water partition coefficient (Wildman–Crippen LogP) is 20.6. The van der Waals surface area contributed by atoms with Crippen molar-refractivity contribution in [1.29, 1.82) is 0 Å². The number of carbonyl (C=O) groups is 4. The average Bonchev–Trinajstić information content (AvgIpc) is 3.71. The van der Waals surface area contributed by atoms with Gasteiger partial charge in [-0.05, 0) is 43.4 Å². The van der Waals surface area contributed by atoms with E-state index in [0.717, 1.165) is 108 Å². The summed E-state index contributed by atoms with van der Waals surface area (Å²) < 4.78 is 68.4. The molecule has 0 aromatic carbocycles. The van der Waals surface area contributed by atoms with Gasteiger partial charge in [0.1, 0.15) is 19.3 Å². The summed E-state index contributed by atoms with van der Waals surface area (Å²) in [7, 11) is -9.91. The van der Waals surface area contributed by atoms with Crippen molar-refractivity contribution in [1.82, 2.24) is 0 Å². The SMILES string of the molecule is CCCCCCCCCCCCCC(=O)OC[C@H](COP(=O)(O)OC[C@H](O)COP(=O)(O)OC[C@@H](COC(=O)CCCCCCCCCCCCC(C)CC)OC(=O)CCCCCCCCCCCCC(C)CC)OC(=O)CCCCCCCCCCC(C)CC. The van der Waals surface area contributed by atoms with Crippen molar-refractivity contribution in [3.05, 3.63) is 0 Å². The van der Waals surface area contributed by atoms with Gasteiger partial charge in [0.25, 0.3) is 0 Å². The summed E-state index contributed by atoms with van der Waals surface area (Å²) in [6.07, 6.45) is 46.9. The van der Waals surface area contributed by atoms with Gasteiger partial charge in [-0.25, -0.2) is 9.13 Å². The number of unbranched alkanes of at least 4 members (excludes halogenated alkanes) is 35. The van der Waals surface area contributed by atoms with E-state index in [1.165, 1.54) is 173 Å². The highest BCUT2D eigenvalue weighted by molar-refractivity contribution is 7.47. The molecule has 540 valence electrons. The van der Waals surface area contributed by atoms with Crippen LogP contribution in [0.2, 0.25) is 0 Å². The van der Waals surface area contributed by atoms with Crippen molar-refractivity contribution in [3.8, 4) is 0 Å². The van der Waals surface area contributed by atoms with Crippen LogP contribution in [0.5, 0.6) is 0 Å². The zero-order valence-electron chi connectivity index (χ0n) is 59.3. The van der Waals surface area contributed by atoms with Gasteiger partial charge in [0.2, 0.25) is 0 Å². The maximum absolute atomic E-state index is 13.0. The van der Waals surface area contributed by atoms with Gasteiger partial charge in [-0.3, -0.25) is 37.3 Å². The number of hydrogen-bond donors (Lipinski definition) is 3. The van der Waals surface area contributed by atoms with E-state index < -0.39 is 97.5 Å². The second-order valence-electron chi connectivity index (χ2n) is 26.7. The predicted molar refractivity (Wildman–Crippen MR) is 368 cm³/mol. The summed E-state index contributed by atoms with van der Waals surface area (Å²) >= 11 is 0. The number of aliphatic hydroxyl groups is 1. The van der Waals surface area contributed by atoms with Crippen molar-refractivity contribution in [3.63, 3.8) is 0 Å². The van der Waals surface area contributed by atoms with Crippen LogP contribution in [-0.2, 0) is 65.4 Å². The van der Waals surface area contributed by atoms with E-state index >= 15 is 0 Å². The third-order valence-corrected chi connectivity index (χ3v) is 19.6. The van der Waals surface area contributed by atoms with Crippen LogP contribution in [0.15, 0.2) is 0 Å². The van der Waals surface area contributed by atoms with Crippen molar-refractivity contribution in [2.24, 2.45) is 17.8 Å². The van der Waals surface area contributed by atoms with Gasteiger partial charge in [-0.2, -0.15) is 0 Å². The first-order chi connectivity index (χ1) is 43.8. The molecule has 0 amide bonds. The van der Waals surface area contributed by atoms with E-state index in [9.17, 15) is 43.2 Å². The summed E-state index contributed by atoms with van der Waals surface area (Å²) in [5, 5.41) is 10.6. The zero-order valence-corrected chi connectivity index (χ0v) is 61.1. The Morgan fingerprint density at radius 3 is 0.780 bits per heavy atom. The molecule has 0 aromatic heterocycles. The lowest BCUT2D eigenvalue weighted by atomic mass is 9.99. The van der Waals surface area contributed by atoms with Gasteiger partial charge in [0.05, 0.1) is 26.4 Å². The lowest BCUT2D eigenvalue weighted by Gasteiger charge is -2.21. The minimum atomic E-state index is -4.95. The number of esters is 4. The van der Waals surface area contributed by atoms with Gasteiger partial charge in [-0.1, -0.05) is 312 Å². The number of ether oxygens (including phenoxy) is 4. The quantitative estimate of drug-likeness (QED) is 0.0222. The molecule has 8 atom stereocenters. The van der Waals surface area contributed by atoms with Crippen molar-refractivity contribution in [2.45, 2.75) is 381 Å². The number of rotatable bonds is 70. The van der Waals surface area contributed by atoms with Crippen LogP contribution in [0.3, 0.4) is 0 Å². The minimum Gasteiger partial charge on any atom is -0.462 e. The van der Waals surface area contributed by atoms with E-state index in [2.05, 4.69) is 48.5 Å². The summed E-state index contributed by atoms with van der Waals surface area (Å²) in [5.74, 6) is 0.258. The number of hydrogen-bond acceptors (Lipinski definition) is 15. The first-order valence-electron chi connectivity index (χ1n) is 37.5. The Hall–Kier alpha value is -1.94. The monoisotopic (exact) mass is 1340 g/mol. The first-order valence-corrected chi connectivity index (χ1v) is 40.5. The zero-order chi connectivity index (χ0) is 67.3. The molecule has 0 bridgehead atoms. The lowest BCUT2D eigenvalue weighted by Crippen LogP contribution is -2.30. The average molecular weight is 1340 g/mol. The van der Waals surface area contributed by atoms with Crippen LogP contribution < -0.4 is 0 Å². The molecule has 0 aliphatic heterocycles. The summed E-state index contributed by atoms with van der Waals surface area (Å²) in [6.45, 7) is 11.9. The highest BCUT2D eigenvalue weighted by Crippen LogP contribution is 2.45. The van der Waals surface area contributed by atoms with E-state index in [1.807, 2.05) is 0 Å². The Balaban J connectivity index is 5.28. The van der Waals surface area contributed by atoms with Crippen molar-refractivity contribution < 1.29 is 80.2 Å². The maximum Gasteiger partial charge on any atom is 0.472 e. The molecule has 0 heterocycles. The van der Waals surface area contributed by atoms with E-state index in [0.29, 0.717) is 25.7 Å². The Morgan fingerprint density at radius 1 is 0.308 bits per heavy atom. The van der Waals surface area contributed by atoms with Crippen LogP contribution >= 0.6 is 15.6 Å². The molecule has 19 heteroatoms. The summed E-state index contributed by atoms with van der Waals surface area (Å²) in [6, 6.07) is 0. The van der Waals surface area contributed by atoms with Crippen LogP contribution in [-0.4, -0.2) is 96.7 Å². The molecule has 0 rings (SSSR count). The molecule has 0 saturated carbocycles. The topological polar surface area (TPSA) is 237 Å². The Labute approximate surface area is 556 Å². The minimum absolute atomic E-state index is 0.105. The molecular formula is C72H140O17P2. The maximum atomic E-state index is 13.0. The third-order valence-electron chi connectivity index (χ3n) is 17.7. The molecule has 0 aromatic rings. The Morgan fingerprint density at radius 2 is 0.527 bits per heavy atom. The van der Waals surface area contributed by atoms with Gasteiger partial charge in [-0.15, -0.1) is 0 Å². The largest absolute Gasteiger partial charge is 0.472 e. The molecule has 0 aliphatic carbocycles. The Kier molecular flexibility index (Phi) is 61.5. The molecule has 0 saturated heterocycles. The lowest BCUT2D eigenvalue weighted by molar-refractivity contribution is -0.161. The van der Waals surface area contributed by atoms with Gasteiger partial charge in [0, 0.05) is 25.7 Å². The number of aliphatic hydroxyl groups excluding tert-OH is 1. The van der Waals surface area contributed by atoms with Gasteiger partial charge >= 0.3 is 39.5 Å². The van der Waals surface area contributed by atoms with Crippen molar-refractivity contribution >= 4 is 39.5 Å². The van der Waals surface area contributed by atoms with Crippen LogP contribution in [0, 0.1) is 17.8 Å². The number of carbonyl (C=O) groups excluding carboxylic acids is 4. The fourth-order valence-corrected chi connectivity index (χ4v) is 12.4. The van der Waals surface area contributed by atoms with Crippen molar-refractivity contribution in [2.75, 3.05) is 39.6 Å².